The standard InChI is InChI=1S/C18H19ClO2/c1-21-17-10-9-15(19)11-16(17)18(20)14-7-5-13(6-8-14)12-3-2-4-12/h5-12,18,20H,2-4H2,1H3. The molecule has 1 atom stereocenters. The maximum absolute atomic E-state index is 10.6. The van der Waals surface area contributed by atoms with Crippen molar-refractivity contribution in [1.29, 1.82) is 0 Å². The van der Waals surface area contributed by atoms with E-state index in [1.807, 2.05) is 12.1 Å². The zero-order chi connectivity index (χ0) is 14.8. The zero-order valence-corrected chi connectivity index (χ0v) is 12.8. The van der Waals surface area contributed by atoms with Crippen LogP contribution in [-0.2, 0) is 0 Å². The summed E-state index contributed by atoms with van der Waals surface area (Å²) in [5.41, 5.74) is 2.93. The minimum Gasteiger partial charge on any atom is -0.496 e. The number of hydrogen-bond donors (Lipinski definition) is 1. The van der Waals surface area contributed by atoms with E-state index in [1.54, 1.807) is 25.3 Å². The van der Waals surface area contributed by atoms with Gasteiger partial charge in [-0.25, -0.2) is 0 Å². The number of hydrogen-bond acceptors (Lipinski definition) is 2. The van der Waals surface area contributed by atoms with Gasteiger partial charge >= 0.3 is 0 Å². The summed E-state index contributed by atoms with van der Waals surface area (Å²) in [4.78, 5) is 0. The highest BCUT2D eigenvalue weighted by atomic mass is 35.5. The summed E-state index contributed by atoms with van der Waals surface area (Å²) in [5, 5.41) is 11.2. The van der Waals surface area contributed by atoms with E-state index in [4.69, 9.17) is 16.3 Å². The van der Waals surface area contributed by atoms with Gasteiger partial charge in [-0.3, -0.25) is 0 Å². The highest BCUT2D eigenvalue weighted by Crippen LogP contribution is 2.37. The van der Waals surface area contributed by atoms with Crippen LogP contribution in [0.3, 0.4) is 0 Å². The number of ether oxygens (including phenoxy) is 1. The fraction of sp³-hybridized carbons (Fsp3) is 0.333. The Morgan fingerprint density at radius 3 is 2.43 bits per heavy atom. The largest absolute Gasteiger partial charge is 0.496 e. The van der Waals surface area contributed by atoms with Crippen molar-refractivity contribution in [3.8, 4) is 5.75 Å². The molecule has 0 aromatic heterocycles. The van der Waals surface area contributed by atoms with Crippen LogP contribution in [0.5, 0.6) is 5.75 Å². The molecular formula is C18H19ClO2. The molecule has 1 saturated carbocycles. The fourth-order valence-corrected chi connectivity index (χ4v) is 2.97. The van der Waals surface area contributed by atoms with Gasteiger partial charge < -0.3 is 9.84 Å². The van der Waals surface area contributed by atoms with E-state index in [2.05, 4.69) is 12.1 Å². The van der Waals surface area contributed by atoms with Crippen molar-refractivity contribution in [3.05, 3.63) is 64.2 Å². The maximum Gasteiger partial charge on any atom is 0.125 e. The van der Waals surface area contributed by atoms with Crippen LogP contribution in [0.1, 0.15) is 48.0 Å². The molecule has 21 heavy (non-hydrogen) atoms. The second-order valence-corrected chi connectivity index (χ2v) is 6.02. The van der Waals surface area contributed by atoms with Crippen molar-refractivity contribution in [2.75, 3.05) is 7.11 Å². The van der Waals surface area contributed by atoms with Gasteiger partial charge in [0.05, 0.1) is 7.11 Å². The van der Waals surface area contributed by atoms with E-state index in [9.17, 15) is 5.11 Å². The lowest BCUT2D eigenvalue weighted by atomic mass is 9.80. The van der Waals surface area contributed by atoms with Gasteiger partial charge in [-0.1, -0.05) is 42.3 Å². The van der Waals surface area contributed by atoms with Crippen molar-refractivity contribution in [3.63, 3.8) is 0 Å². The maximum atomic E-state index is 10.6. The van der Waals surface area contributed by atoms with E-state index in [0.29, 0.717) is 22.3 Å². The summed E-state index contributed by atoms with van der Waals surface area (Å²) in [5.74, 6) is 1.35. The van der Waals surface area contributed by atoms with Gasteiger partial charge in [0, 0.05) is 10.6 Å². The van der Waals surface area contributed by atoms with Crippen LogP contribution in [0.2, 0.25) is 5.02 Å². The minimum absolute atomic E-state index is 0.593. The van der Waals surface area contributed by atoms with E-state index >= 15 is 0 Å². The minimum atomic E-state index is -0.728. The average Bonchev–Trinajstić information content (AvgIpc) is 2.45. The molecule has 0 aliphatic heterocycles. The number of aliphatic hydroxyl groups excluding tert-OH is 1. The molecule has 3 rings (SSSR count). The zero-order valence-electron chi connectivity index (χ0n) is 12.1. The first kappa shape index (κ1) is 14.4. The van der Waals surface area contributed by atoms with Gasteiger partial charge in [-0.2, -0.15) is 0 Å². The van der Waals surface area contributed by atoms with E-state index in [0.717, 1.165) is 5.56 Å². The topological polar surface area (TPSA) is 29.5 Å². The SMILES string of the molecule is COc1ccc(Cl)cc1C(O)c1ccc(C2CCC2)cc1. The predicted octanol–water partition coefficient (Wildman–Crippen LogP) is 4.70. The van der Waals surface area contributed by atoms with Crippen molar-refractivity contribution in [2.45, 2.75) is 31.3 Å². The van der Waals surface area contributed by atoms with Crippen molar-refractivity contribution in [1.82, 2.24) is 0 Å². The molecule has 1 N–H and O–H groups in total. The molecule has 3 heteroatoms. The molecule has 0 radical (unpaired) electrons. The summed E-state index contributed by atoms with van der Waals surface area (Å²) in [7, 11) is 1.60. The Morgan fingerprint density at radius 1 is 1.14 bits per heavy atom. The van der Waals surface area contributed by atoms with Crippen molar-refractivity contribution >= 4 is 11.6 Å². The van der Waals surface area contributed by atoms with E-state index in [-0.39, 0.29) is 0 Å². The number of aliphatic hydroxyl groups is 1. The first-order valence-corrected chi connectivity index (χ1v) is 7.68. The Bertz CT molecular complexity index is 618. The molecule has 1 unspecified atom stereocenters. The van der Waals surface area contributed by atoms with Crippen molar-refractivity contribution < 1.29 is 9.84 Å². The second-order valence-electron chi connectivity index (χ2n) is 5.58. The summed E-state index contributed by atoms with van der Waals surface area (Å²) in [6.07, 6.45) is 3.16. The fourth-order valence-electron chi connectivity index (χ4n) is 2.79. The third kappa shape index (κ3) is 2.92. The van der Waals surface area contributed by atoms with Gasteiger partial charge in [0.25, 0.3) is 0 Å². The molecule has 1 fully saturated rings. The van der Waals surface area contributed by atoms with Crippen LogP contribution < -0.4 is 4.74 Å². The van der Waals surface area contributed by atoms with Crippen LogP contribution >= 0.6 is 11.6 Å². The number of rotatable bonds is 4. The molecule has 1 aliphatic rings. The smallest absolute Gasteiger partial charge is 0.125 e. The second kappa shape index (κ2) is 6.08. The lowest BCUT2D eigenvalue weighted by molar-refractivity contribution is 0.214. The van der Waals surface area contributed by atoms with Crippen LogP contribution in [0, 0.1) is 0 Å². The summed E-state index contributed by atoms with van der Waals surface area (Å²) in [6, 6.07) is 13.5. The Morgan fingerprint density at radius 2 is 1.86 bits per heavy atom. The van der Waals surface area contributed by atoms with Gasteiger partial charge in [-0.15, -0.1) is 0 Å². The third-order valence-corrected chi connectivity index (χ3v) is 4.55. The lowest BCUT2D eigenvalue weighted by Gasteiger charge is -2.26. The van der Waals surface area contributed by atoms with Gasteiger partial charge in [0.1, 0.15) is 11.9 Å². The molecule has 0 amide bonds. The molecule has 0 saturated heterocycles. The van der Waals surface area contributed by atoms with E-state index < -0.39 is 6.10 Å². The molecule has 2 aromatic rings. The molecule has 1 aliphatic carbocycles. The van der Waals surface area contributed by atoms with Crippen LogP contribution in [-0.4, -0.2) is 12.2 Å². The predicted molar refractivity (Wildman–Crippen MR) is 85.1 cm³/mol. The Balaban J connectivity index is 1.87. The Labute approximate surface area is 130 Å². The summed E-state index contributed by atoms with van der Waals surface area (Å²) < 4.78 is 5.31. The monoisotopic (exact) mass is 302 g/mol. The summed E-state index contributed by atoms with van der Waals surface area (Å²) in [6.45, 7) is 0. The van der Waals surface area contributed by atoms with Crippen LogP contribution in [0.4, 0.5) is 0 Å². The van der Waals surface area contributed by atoms with Crippen LogP contribution in [0.15, 0.2) is 42.5 Å². The van der Waals surface area contributed by atoms with Gasteiger partial charge in [0.2, 0.25) is 0 Å². The Kier molecular flexibility index (Phi) is 4.18. The number of benzene rings is 2. The molecule has 0 spiro atoms. The molecular weight excluding hydrogens is 284 g/mol. The van der Waals surface area contributed by atoms with Crippen LogP contribution in [0.25, 0.3) is 0 Å². The molecule has 2 nitrogen and oxygen atoms in total. The lowest BCUT2D eigenvalue weighted by Crippen LogP contribution is -2.09. The third-order valence-electron chi connectivity index (χ3n) is 4.32. The van der Waals surface area contributed by atoms with E-state index in [1.165, 1.54) is 24.8 Å². The average molecular weight is 303 g/mol. The number of halogens is 1. The normalized spacial score (nSPS) is 16.3. The molecule has 0 bridgehead atoms. The summed E-state index contributed by atoms with van der Waals surface area (Å²) >= 11 is 6.03. The highest BCUT2D eigenvalue weighted by molar-refractivity contribution is 6.30. The molecule has 0 heterocycles. The molecule has 110 valence electrons. The molecule has 2 aromatic carbocycles. The van der Waals surface area contributed by atoms with Crippen molar-refractivity contribution in [2.24, 2.45) is 0 Å². The van der Waals surface area contributed by atoms with Gasteiger partial charge in [0.15, 0.2) is 0 Å². The first-order chi connectivity index (χ1) is 10.2. The Hall–Kier alpha value is -1.51. The quantitative estimate of drug-likeness (QED) is 0.887. The first-order valence-electron chi connectivity index (χ1n) is 7.30. The number of methoxy groups -OCH3 is 1. The van der Waals surface area contributed by atoms with Gasteiger partial charge in [-0.05, 0) is 48.1 Å². The highest BCUT2D eigenvalue weighted by Gasteiger charge is 2.20.